The molecule has 0 aromatic heterocycles. The van der Waals surface area contributed by atoms with Crippen molar-refractivity contribution in [2.75, 3.05) is 13.1 Å². The topological polar surface area (TPSA) is 58.2 Å². The summed E-state index contributed by atoms with van der Waals surface area (Å²) in [5.74, 6) is -0.767. The number of halogens is 1. The molecule has 0 radical (unpaired) electrons. The fraction of sp³-hybridized carbons (Fsp3) is 0.385. The molecule has 2 amide bonds. The quantitative estimate of drug-likeness (QED) is 0.832. The Morgan fingerprint density at radius 3 is 2.61 bits per heavy atom. The second-order valence-electron chi connectivity index (χ2n) is 3.92. The van der Waals surface area contributed by atoms with E-state index in [-0.39, 0.29) is 30.6 Å². The van der Waals surface area contributed by atoms with Crippen LogP contribution in [0.5, 0.6) is 0 Å². The first-order valence-electron chi connectivity index (χ1n) is 5.85. The van der Waals surface area contributed by atoms with Gasteiger partial charge in [0.15, 0.2) is 0 Å². The van der Waals surface area contributed by atoms with Crippen LogP contribution in [-0.2, 0) is 4.79 Å². The molecule has 18 heavy (non-hydrogen) atoms. The van der Waals surface area contributed by atoms with E-state index in [2.05, 4.69) is 10.6 Å². The summed E-state index contributed by atoms with van der Waals surface area (Å²) in [5, 5.41) is 5.26. The predicted molar refractivity (Wildman–Crippen MR) is 66.8 cm³/mol. The lowest BCUT2D eigenvalue weighted by Crippen LogP contribution is -2.30. The molecule has 0 aliphatic rings. The Labute approximate surface area is 106 Å². The second-order valence-corrected chi connectivity index (χ2v) is 3.92. The normalized spacial score (nSPS) is 9.94. The monoisotopic (exact) mass is 252 g/mol. The Hall–Kier alpha value is -1.91. The molecule has 0 heterocycles. The lowest BCUT2D eigenvalue weighted by molar-refractivity contribution is -0.120. The van der Waals surface area contributed by atoms with Crippen LogP contribution in [0.15, 0.2) is 18.2 Å². The smallest absolute Gasteiger partial charge is 0.251 e. The minimum Gasteiger partial charge on any atom is -0.356 e. The number of hydrogen-bond donors (Lipinski definition) is 2. The molecule has 0 unspecified atom stereocenters. The van der Waals surface area contributed by atoms with Gasteiger partial charge in [0.1, 0.15) is 5.82 Å². The SMILES string of the molecule is CCNC(=O)CCNC(=O)c1ccc(F)cc1C. The molecule has 1 aromatic rings. The van der Waals surface area contributed by atoms with Gasteiger partial charge in [-0.2, -0.15) is 0 Å². The van der Waals surface area contributed by atoms with Gasteiger partial charge >= 0.3 is 0 Å². The van der Waals surface area contributed by atoms with E-state index >= 15 is 0 Å². The summed E-state index contributed by atoms with van der Waals surface area (Å²) in [7, 11) is 0. The highest BCUT2D eigenvalue weighted by atomic mass is 19.1. The summed E-state index contributed by atoms with van der Waals surface area (Å²) in [5.41, 5.74) is 0.998. The van der Waals surface area contributed by atoms with Crippen molar-refractivity contribution in [1.29, 1.82) is 0 Å². The molecule has 0 aliphatic carbocycles. The van der Waals surface area contributed by atoms with Crippen molar-refractivity contribution < 1.29 is 14.0 Å². The Balaban J connectivity index is 2.48. The van der Waals surface area contributed by atoms with Crippen LogP contribution in [-0.4, -0.2) is 24.9 Å². The van der Waals surface area contributed by atoms with Crippen LogP contribution >= 0.6 is 0 Å². The molecule has 0 saturated carbocycles. The number of carbonyl (C=O) groups is 2. The zero-order valence-electron chi connectivity index (χ0n) is 10.5. The van der Waals surface area contributed by atoms with Gasteiger partial charge in [0.2, 0.25) is 5.91 Å². The highest BCUT2D eigenvalue weighted by Crippen LogP contribution is 2.09. The van der Waals surface area contributed by atoms with Gasteiger partial charge in [0, 0.05) is 25.1 Å². The van der Waals surface area contributed by atoms with Crippen LogP contribution in [0.4, 0.5) is 4.39 Å². The zero-order valence-corrected chi connectivity index (χ0v) is 10.5. The lowest BCUT2D eigenvalue weighted by Gasteiger charge is -2.07. The molecule has 4 nitrogen and oxygen atoms in total. The van der Waals surface area contributed by atoms with E-state index < -0.39 is 0 Å². The highest BCUT2D eigenvalue weighted by Gasteiger charge is 2.09. The van der Waals surface area contributed by atoms with Crippen LogP contribution in [0.3, 0.4) is 0 Å². The van der Waals surface area contributed by atoms with Crippen molar-refractivity contribution >= 4 is 11.8 Å². The molecule has 1 rings (SSSR count). The van der Waals surface area contributed by atoms with E-state index in [9.17, 15) is 14.0 Å². The third-order valence-corrected chi connectivity index (χ3v) is 2.44. The summed E-state index contributed by atoms with van der Waals surface area (Å²) < 4.78 is 12.9. The number of hydrogen-bond acceptors (Lipinski definition) is 2. The fourth-order valence-corrected chi connectivity index (χ4v) is 1.55. The van der Waals surface area contributed by atoms with E-state index in [0.29, 0.717) is 17.7 Å². The number of carbonyl (C=O) groups excluding carboxylic acids is 2. The van der Waals surface area contributed by atoms with Gasteiger partial charge in [-0.15, -0.1) is 0 Å². The van der Waals surface area contributed by atoms with Crippen molar-refractivity contribution in [2.24, 2.45) is 0 Å². The Bertz CT molecular complexity index is 447. The molecule has 0 bridgehead atoms. The van der Waals surface area contributed by atoms with Crippen molar-refractivity contribution in [3.63, 3.8) is 0 Å². The average Bonchev–Trinajstić information content (AvgIpc) is 2.29. The zero-order chi connectivity index (χ0) is 13.5. The molecule has 0 aliphatic heterocycles. The molecule has 98 valence electrons. The standard InChI is InChI=1S/C13H17FN2O2/c1-3-15-12(17)6-7-16-13(18)11-5-4-10(14)8-9(11)2/h4-5,8H,3,6-7H2,1-2H3,(H,15,17)(H,16,18). The maximum atomic E-state index is 12.9. The van der Waals surface area contributed by atoms with Gasteiger partial charge in [-0.05, 0) is 37.6 Å². The Kier molecular flexibility index (Phi) is 5.30. The number of benzene rings is 1. The van der Waals surface area contributed by atoms with E-state index in [4.69, 9.17) is 0 Å². The maximum Gasteiger partial charge on any atom is 0.251 e. The third kappa shape index (κ3) is 4.16. The maximum absolute atomic E-state index is 12.9. The van der Waals surface area contributed by atoms with E-state index in [1.165, 1.54) is 18.2 Å². The molecular formula is C13H17FN2O2. The van der Waals surface area contributed by atoms with Crippen molar-refractivity contribution in [1.82, 2.24) is 10.6 Å². The van der Waals surface area contributed by atoms with Crippen molar-refractivity contribution in [3.05, 3.63) is 35.1 Å². The van der Waals surface area contributed by atoms with Gasteiger partial charge in [-0.3, -0.25) is 9.59 Å². The number of aryl methyl sites for hydroxylation is 1. The first kappa shape index (κ1) is 14.2. The first-order chi connectivity index (χ1) is 8.54. The minimum atomic E-state index is -0.369. The average molecular weight is 252 g/mol. The second kappa shape index (κ2) is 6.74. The van der Waals surface area contributed by atoms with Crippen molar-refractivity contribution in [2.45, 2.75) is 20.3 Å². The van der Waals surface area contributed by atoms with Gasteiger partial charge in [0.05, 0.1) is 0 Å². The summed E-state index contributed by atoms with van der Waals surface area (Å²) in [6.45, 7) is 4.34. The summed E-state index contributed by atoms with van der Waals surface area (Å²) in [6.07, 6.45) is 0.236. The van der Waals surface area contributed by atoms with Gasteiger partial charge in [-0.1, -0.05) is 0 Å². The molecule has 1 aromatic carbocycles. The predicted octanol–water partition coefficient (Wildman–Crippen LogP) is 1.39. The minimum absolute atomic E-state index is 0.103. The largest absolute Gasteiger partial charge is 0.356 e. The number of nitrogens with one attached hydrogen (secondary N) is 2. The van der Waals surface area contributed by atoms with E-state index in [1.807, 2.05) is 6.92 Å². The van der Waals surface area contributed by atoms with Crippen LogP contribution in [0.1, 0.15) is 29.3 Å². The van der Waals surface area contributed by atoms with Crippen LogP contribution in [0.2, 0.25) is 0 Å². The molecule has 0 atom stereocenters. The summed E-state index contributed by atoms with van der Waals surface area (Å²) >= 11 is 0. The van der Waals surface area contributed by atoms with Gasteiger partial charge in [0.25, 0.3) is 5.91 Å². The summed E-state index contributed by atoms with van der Waals surface area (Å²) in [4.78, 5) is 22.9. The highest BCUT2D eigenvalue weighted by molar-refractivity contribution is 5.95. The number of amides is 2. The van der Waals surface area contributed by atoms with Gasteiger partial charge in [-0.25, -0.2) is 4.39 Å². The Morgan fingerprint density at radius 1 is 1.28 bits per heavy atom. The van der Waals surface area contributed by atoms with Gasteiger partial charge < -0.3 is 10.6 Å². The Morgan fingerprint density at radius 2 is 2.00 bits per heavy atom. The van der Waals surface area contributed by atoms with Crippen LogP contribution in [0.25, 0.3) is 0 Å². The van der Waals surface area contributed by atoms with Crippen LogP contribution < -0.4 is 10.6 Å². The molecule has 0 fully saturated rings. The fourth-order valence-electron chi connectivity index (χ4n) is 1.55. The third-order valence-electron chi connectivity index (χ3n) is 2.44. The summed E-state index contributed by atoms with van der Waals surface area (Å²) in [6, 6.07) is 3.98. The van der Waals surface area contributed by atoms with E-state index in [1.54, 1.807) is 6.92 Å². The van der Waals surface area contributed by atoms with Crippen LogP contribution in [0, 0.1) is 12.7 Å². The lowest BCUT2D eigenvalue weighted by atomic mass is 10.1. The molecule has 0 spiro atoms. The molecule has 2 N–H and O–H groups in total. The molecular weight excluding hydrogens is 235 g/mol. The molecule has 0 saturated heterocycles. The van der Waals surface area contributed by atoms with E-state index in [0.717, 1.165) is 0 Å². The van der Waals surface area contributed by atoms with Crippen molar-refractivity contribution in [3.8, 4) is 0 Å². The number of rotatable bonds is 5. The molecule has 5 heteroatoms. The first-order valence-corrected chi connectivity index (χ1v) is 5.85.